The van der Waals surface area contributed by atoms with Crippen LogP contribution in [-0.4, -0.2) is 105 Å². The number of aromatic nitrogens is 5. The van der Waals surface area contributed by atoms with Gasteiger partial charge in [-0.15, -0.1) is 5.10 Å². The van der Waals surface area contributed by atoms with E-state index in [0.717, 1.165) is 69.4 Å². The fraction of sp³-hybridized carbons (Fsp3) is 0.583. The van der Waals surface area contributed by atoms with Crippen LogP contribution >= 0.6 is 0 Å². The minimum atomic E-state index is 0.192. The first-order valence-electron chi connectivity index (χ1n) is 12.2. The smallest absolute Gasteiger partial charge is 0.184 e. The molecule has 3 aromatic rings. The number of ether oxygens (including phenoxy) is 1. The average molecular weight is 467 g/mol. The number of morpholine rings is 1. The summed E-state index contributed by atoms with van der Waals surface area (Å²) in [4.78, 5) is 16.9. The van der Waals surface area contributed by atoms with Gasteiger partial charge in [-0.2, -0.15) is 0 Å². The molecule has 0 spiro atoms. The van der Waals surface area contributed by atoms with Crippen molar-refractivity contribution >= 4 is 17.0 Å². The number of phenolic OH excluding ortho intramolecular Hbond substituents is 1. The molecule has 10 heteroatoms. The van der Waals surface area contributed by atoms with Crippen molar-refractivity contribution < 1.29 is 9.84 Å². The Labute approximate surface area is 200 Å². The third kappa shape index (κ3) is 5.13. The van der Waals surface area contributed by atoms with Gasteiger partial charge in [0.1, 0.15) is 5.75 Å². The summed E-state index contributed by atoms with van der Waals surface area (Å²) in [6, 6.07) is 7.06. The maximum atomic E-state index is 9.99. The molecule has 0 saturated carbocycles. The van der Waals surface area contributed by atoms with E-state index in [4.69, 9.17) is 14.7 Å². The molecule has 0 radical (unpaired) electrons. The number of anilines is 1. The fourth-order valence-corrected chi connectivity index (χ4v) is 4.71. The van der Waals surface area contributed by atoms with Gasteiger partial charge in [0.25, 0.3) is 0 Å². The summed E-state index contributed by atoms with van der Waals surface area (Å²) in [5.41, 5.74) is 2.21. The molecular weight excluding hydrogens is 432 g/mol. The van der Waals surface area contributed by atoms with Crippen molar-refractivity contribution in [3.8, 4) is 17.1 Å². The van der Waals surface area contributed by atoms with Gasteiger partial charge in [0.05, 0.1) is 19.8 Å². The number of hydrogen-bond donors (Lipinski definition) is 1. The minimum Gasteiger partial charge on any atom is -0.508 e. The molecule has 5 rings (SSSR count). The molecule has 34 heavy (non-hydrogen) atoms. The van der Waals surface area contributed by atoms with Gasteiger partial charge >= 0.3 is 0 Å². The molecule has 4 heterocycles. The van der Waals surface area contributed by atoms with Crippen molar-refractivity contribution in [2.24, 2.45) is 5.92 Å². The van der Waals surface area contributed by atoms with E-state index in [1.165, 1.54) is 6.54 Å². The van der Waals surface area contributed by atoms with Gasteiger partial charge in [-0.25, -0.2) is 14.6 Å². The summed E-state index contributed by atoms with van der Waals surface area (Å²) in [5, 5.41) is 18.9. The highest BCUT2D eigenvalue weighted by Gasteiger charge is 2.23. The molecule has 2 aromatic heterocycles. The zero-order valence-electron chi connectivity index (χ0n) is 20.1. The highest BCUT2D eigenvalue weighted by molar-refractivity contribution is 5.85. The van der Waals surface area contributed by atoms with Gasteiger partial charge in [0.15, 0.2) is 22.8 Å². The minimum absolute atomic E-state index is 0.192. The monoisotopic (exact) mass is 466 g/mol. The zero-order chi connectivity index (χ0) is 23.5. The van der Waals surface area contributed by atoms with Gasteiger partial charge in [-0.05, 0) is 18.1 Å². The first-order valence-corrected chi connectivity index (χ1v) is 12.2. The molecule has 2 aliphatic rings. The molecule has 0 unspecified atom stereocenters. The molecule has 2 aliphatic heterocycles. The van der Waals surface area contributed by atoms with Crippen LogP contribution in [0.2, 0.25) is 0 Å². The van der Waals surface area contributed by atoms with E-state index in [2.05, 4.69) is 38.9 Å². The molecule has 2 saturated heterocycles. The maximum absolute atomic E-state index is 9.99. The zero-order valence-corrected chi connectivity index (χ0v) is 20.1. The Morgan fingerprint density at radius 3 is 2.47 bits per heavy atom. The lowest BCUT2D eigenvalue weighted by atomic mass is 10.2. The predicted molar refractivity (Wildman–Crippen MR) is 131 cm³/mol. The topological polar surface area (TPSA) is 95.7 Å². The largest absolute Gasteiger partial charge is 0.508 e. The van der Waals surface area contributed by atoms with Crippen molar-refractivity contribution in [1.82, 2.24) is 34.8 Å². The standard InChI is InChI=1S/C24H34N8O2/c1-18(2)17-30-8-6-29(7-9-30)10-11-32-24-21(27-28-32)23(31-12-14-34-15-13-31)25-22(26-24)19-4-3-5-20(33)16-19/h3-5,16,18,33H,6-15,17H2,1-2H3. The molecule has 10 nitrogen and oxygen atoms in total. The Bertz CT molecular complexity index is 1100. The number of aromatic hydroxyl groups is 1. The summed E-state index contributed by atoms with van der Waals surface area (Å²) in [6.07, 6.45) is 0. The quantitative estimate of drug-likeness (QED) is 0.558. The van der Waals surface area contributed by atoms with Crippen LogP contribution in [0.1, 0.15) is 13.8 Å². The van der Waals surface area contributed by atoms with Gasteiger partial charge in [0.2, 0.25) is 0 Å². The number of nitrogens with zero attached hydrogens (tertiary/aromatic N) is 8. The van der Waals surface area contributed by atoms with E-state index in [1.54, 1.807) is 18.2 Å². The number of rotatable bonds is 7. The van der Waals surface area contributed by atoms with E-state index < -0.39 is 0 Å². The van der Waals surface area contributed by atoms with Crippen molar-refractivity contribution in [2.45, 2.75) is 20.4 Å². The molecule has 1 N–H and O–H groups in total. The van der Waals surface area contributed by atoms with E-state index in [9.17, 15) is 5.11 Å². The van der Waals surface area contributed by atoms with E-state index in [1.807, 2.05) is 10.7 Å². The van der Waals surface area contributed by atoms with Gasteiger partial charge in [-0.3, -0.25) is 4.90 Å². The van der Waals surface area contributed by atoms with Crippen molar-refractivity contribution in [3.05, 3.63) is 24.3 Å². The van der Waals surface area contributed by atoms with Crippen LogP contribution < -0.4 is 4.90 Å². The molecule has 1 aromatic carbocycles. The third-order valence-corrected chi connectivity index (χ3v) is 6.48. The van der Waals surface area contributed by atoms with E-state index >= 15 is 0 Å². The number of hydrogen-bond acceptors (Lipinski definition) is 9. The highest BCUT2D eigenvalue weighted by Crippen LogP contribution is 2.28. The van der Waals surface area contributed by atoms with Crippen molar-refractivity contribution in [1.29, 1.82) is 0 Å². The Morgan fingerprint density at radius 1 is 0.971 bits per heavy atom. The lowest BCUT2D eigenvalue weighted by Gasteiger charge is -2.35. The van der Waals surface area contributed by atoms with Crippen molar-refractivity contribution in [3.63, 3.8) is 0 Å². The fourth-order valence-electron chi connectivity index (χ4n) is 4.71. The second-order valence-corrected chi connectivity index (χ2v) is 9.54. The van der Waals surface area contributed by atoms with Gasteiger partial charge in [0, 0.05) is 57.9 Å². The lowest BCUT2D eigenvalue weighted by Crippen LogP contribution is -2.48. The normalized spacial score (nSPS) is 18.3. The van der Waals surface area contributed by atoms with Crippen LogP contribution in [0.4, 0.5) is 5.82 Å². The second kappa shape index (κ2) is 10.2. The Hall–Kier alpha value is -2.82. The first kappa shape index (κ1) is 22.9. The van der Waals surface area contributed by atoms with Gasteiger partial charge in [-0.1, -0.05) is 31.2 Å². The van der Waals surface area contributed by atoms with Crippen LogP contribution in [0.25, 0.3) is 22.6 Å². The third-order valence-electron chi connectivity index (χ3n) is 6.48. The predicted octanol–water partition coefficient (Wildman–Crippen LogP) is 1.70. The number of phenols is 1. The molecule has 0 bridgehead atoms. The number of fused-ring (bicyclic) bond motifs is 1. The summed E-state index contributed by atoms with van der Waals surface area (Å²) < 4.78 is 7.43. The lowest BCUT2D eigenvalue weighted by molar-refractivity contribution is 0.119. The SMILES string of the molecule is CC(C)CN1CCN(CCn2nnc3c(N4CCOCC4)nc(-c4cccc(O)c4)nc32)CC1. The van der Waals surface area contributed by atoms with Crippen LogP contribution in [0.15, 0.2) is 24.3 Å². The summed E-state index contributed by atoms with van der Waals surface area (Å²) in [7, 11) is 0. The first-order chi connectivity index (χ1) is 16.6. The highest BCUT2D eigenvalue weighted by atomic mass is 16.5. The average Bonchev–Trinajstić information content (AvgIpc) is 3.26. The molecular formula is C24H34N8O2. The summed E-state index contributed by atoms with van der Waals surface area (Å²) >= 11 is 0. The van der Waals surface area contributed by atoms with Crippen LogP contribution in [0, 0.1) is 5.92 Å². The van der Waals surface area contributed by atoms with Crippen molar-refractivity contribution in [2.75, 3.05) is 70.5 Å². The van der Waals surface area contributed by atoms with E-state index in [0.29, 0.717) is 30.5 Å². The van der Waals surface area contributed by atoms with Gasteiger partial charge < -0.3 is 19.6 Å². The van der Waals surface area contributed by atoms with Crippen LogP contribution in [0.5, 0.6) is 5.75 Å². The molecule has 0 amide bonds. The van der Waals surface area contributed by atoms with Crippen LogP contribution in [-0.2, 0) is 11.3 Å². The molecule has 0 atom stereocenters. The maximum Gasteiger partial charge on any atom is 0.184 e. The van der Waals surface area contributed by atoms with E-state index in [-0.39, 0.29) is 5.75 Å². The number of benzene rings is 1. The molecule has 182 valence electrons. The Balaban J connectivity index is 1.39. The molecule has 0 aliphatic carbocycles. The Morgan fingerprint density at radius 2 is 1.74 bits per heavy atom. The summed E-state index contributed by atoms with van der Waals surface area (Å²) in [5.74, 6) is 2.24. The van der Waals surface area contributed by atoms with Crippen LogP contribution in [0.3, 0.4) is 0 Å². The second-order valence-electron chi connectivity index (χ2n) is 9.54. The summed E-state index contributed by atoms with van der Waals surface area (Å²) in [6.45, 7) is 14.5. The number of piperazine rings is 1. The Kier molecular flexibility index (Phi) is 6.89. The molecule has 2 fully saturated rings.